The van der Waals surface area contributed by atoms with E-state index in [1.165, 1.54) is 21.9 Å². The van der Waals surface area contributed by atoms with Crippen LogP contribution >= 0.6 is 0 Å². The van der Waals surface area contributed by atoms with E-state index in [0.29, 0.717) is 6.61 Å². The fourth-order valence-corrected chi connectivity index (χ4v) is 4.56. The highest BCUT2D eigenvalue weighted by molar-refractivity contribution is 6.07. The van der Waals surface area contributed by atoms with Gasteiger partial charge in [0.2, 0.25) is 0 Å². The van der Waals surface area contributed by atoms with Crippen molar-refractivity contribution < 1.29 is 4.74 Å². The molecule has 156 valence electrons. The molecule has 0 aliphatic heterocycles. The number of rotatable bonds is 5. The van der Waals surface area contributed by atoms with E-state index in [0.717, 1.165) is 46.3 Å². The second-order valence-electron chi connectivity index (χ2n) is 8.22. The number of hydrogen-bond donors (Lipinski definition) is 0. The quantitative estimate of drug-likeness (QED) is 0.294. The van der Waals surface area contributed by atoms with Crippen LogP contribution < -0.4 is 4.74 Å². The number of nitrogens with zero attached hydrogens (tertiary/aromatic N) is 3. The zero-order chi connectivity index (χ0) is 21.5. The molecule has 2 heterocycles. The topological polar surface area (TPSA) is 39.9 Å². The molecule has 4 nitrogen and oxygen atoms in total. The Morgan fingerprint density at radius 2 is 1.56 bits per heavy atom. The number of hydrogen-bond acceptors (Lipinski definition) is 3. The molecule has 0 atom stereocenters. The predicted molar refractivity (Wildman–Crippen MR) is 131 cm³/mol. The minimum Gasteiger partial charge on any atom is -0.494 e. The van der Waals surface area contributed by atoms with Gasteiger partial charge in [-0.3, -0.25) is 0 Å². The van der Waals surface area contributed by atoms with Gasteiger partial charge in [0.15, 0.2) is 5.65 Å². The van der Waals surface area contributed by atoms with Gasteiger partial charge < -0.3 is 9.30 Å². The highest BCUT2D eigenvalue weighted by atomic mass is 16.5. The summed E-state index contributed by atoms with van der Waals surface area (Å²) in [6.45, 7) is 3.63. The zero-order valence-corrected chi connectivity index (χ0v) is 18.0. The molecule has 6 rings (SSSR count). The van der Waals surface area contributed by atoms with Crippen LogP contribution in [0.3, 0.4) is 0 Å². The maximum Gasteiger partial charge on any atom is 0.160 e. The number of fused-ring (bicyclic) bond motifs is 5. The lowest BCUT2D eigenvalue weighted by atomic mass is 10.1. The van der Waals surface area contributed by atoms with Crippen LogP contribution in [0.25, 0.3) is 43.9 Å². The summed E-state index contributed by atoms with van der Waals surface area (Å²) in [5.41, 5.74) is 6.22. The SMILES string of the molecule is Cc1cccc2c3nc4ccccc4nc3n(CCCOc3ccc4ccccc4c3)c12. The van der Waals surface area contributed by atoms with Crippen LogP contribution in [-0.4, -0.2) is 21.1 Å². The van der Waals surface area contributed by atoms with E-state index in [1.807, 2.05) is 30.3 Å². The molecule has 0 unspecified atom stereocenters. The van der Waals surface area contributed by atoms with E-state index in [-0.39, 0.29) is 0 Å². The molecule has 32 heavy (non-hydrogen) atoms. The fraction of sp³-hybridized carbons (Fsp3) is 0.143. The van der Waals surface area contributed by atoms with Gasteiger partial charge in [-0.15, -0.1) is 0 Å². The van der Waals surface area contributed by atoms with Crippen molar-refractivity contribution >= 4 is 43.9 Å². The Balaban J connectivity index is 1.31. The third-order valence-electron chi connectivity index (χ3n) is 6.09. The Morgan fingerprint density at radius 3 is 2.44 bits per heavy atom. The Hall–Kier alpha value is -3.92. The predicted octanol–water partition coefficient (Wildman–Crippen LogP) is 6.67. The van der Waals surface area contributed by atoms with Crippen molar-refractivity contribution in [2.75, 3.05) is 6.61 Å². The summed E-state index contributed by atoms with van der Waals surface area (Å²) in [5, 5.41) is 3.59. The van der Waals surface area contributed by atoms with Crippen molar-refractivity contribution in [3.05, 3.63) is 90.5 Å². The number of ether oxygens (including phenoxy) is 1. The van der Waals surface area contributed by atoms with Crippen LogP contribution in [0.2, 0.25) is 0 Å². The molecule has 0 fully saturated rings. The van der Waals surface area contributed by atoms with Gasteiger partial charge in [-0.05, 0) is 53.9 Å². The number of aromatic nitrogens is 3. The Kier molecular flexibility index (Phi) is 4.50. The molecule has 0 spiro atoms. The molecule has 0 saturated heterocycles. The van der Waals surface area contributed by atoms with E-state index >= 15 is 0 Å². The molecule has 2 aromatic heterocycles. The Labute approximate surface area is 186 Å². The molecule has 0 aliphatic carbocycles. The van der Waals surface area contributed by atoms with Gasteiger partial charge >= 0.3 is 0 Å². The van der Waals surface area contributed by atoms with Gasteiger partial charge in [0.1, 0.15) is 11.3 Å². The Bertz CT molecular complexity index is 1600. The van der Waals surface area contributed by atoms with Gasteiger partial charge in [-0.1, -0.05) is 60.7 Å². The molecule has 0 amide bonds. The van der Waals surface area contributed by atoms with E-state index in [4.69, 9.17) is 14.7 Å². The molecule has 0 bridgehead atoms. The van der Waals surface area contributed by atoms with E-state index in [9.17, 15) is 0 Å². The Morgan fingerprint density at radius 1 is 0.781 bits per heavy atom. The van der Waals surface area contributed by atoms with Gasteiger partial charge in [0, 0.05) is 11.9 Å². The molecule has 0 aliphatic rings. The average Bonchev–Trinajstić information content (AvgIpc) is 3.14. The zero-order valence-electron chi connectivity index (χ0n) is 18.0. The summed E-state index contributed by atoms with van der Waals surface area (Å²) in [6.07, 6.45) is 0.883. The van der Waals surface area contributed by atoms with Crippen molar-refractivity contribution in [3.8, 4) is 5.75 Å². The molecule has 0 saturated carbocycles. The summed E-state index contributed by atoms with van der Waals surface area (Å²) in [5.74, 6) is 0.910. The van der Waals surface area contributed by atoms with Crippen LogP contribution in [0.5, 0.6) is 5.75 Å². The average molecular weight is 418 g/mol. The van der Waals surface area contributed by atoms with Crippen LogP contribution in [0.4, 0.5) is 0 Å². The van der Waals surface area contributed by atoms with Gasteiger partial charge in [-0.25, -0.2) is 9.97 Å². The maximum absolute atomic E-state index is 6.09. The number of aryl methyl sites for hydroxylation is 2. The summed E-state index contributed by atoms with van der Waals surface area (Å²) >= 11 is 0. The number of benzene rings is 4. The molecule has 4 aromatic carbocycles. The second-order valence-corrected chi connectivity index (χ2v) is 8.22. The maximum atomic E-state index is 6.09. The van der Waals surface area contributed by atoms with E-state index in [2.05, 4.69) is 66.1 Å². The van der Waals surface area contributed by atoms with E-state index < -0.39 is 0 Å². The minimum absolute atomic E-state index is 0.645. The first-order valence-corrected chi connectivity index (χ1v) is 11.0. The van der Waals surface area contributed by atoms with Gasteiger partial charge in [-0.2, -0.15) is 0 Å². The summed E-state index contributed by atoms with van der Waals surface area (Å²) in [7, 11) is 0. The van der Waals surface area contributed by atoms with Crippen molar-refractivity contribution in [1.82, 2.24) is 14.5 Å². The van der Waals surface area contributed by atoms with Crippen LogP contribution in [-0.2, 0) is 6.54 Å². The lowest BCUT2D eigenvalue weighted by molar-refractivity contribution is 0.303. The first kappa shape index (κ1) is 18.8. The monoisotopic (exact) mass is 417 g/mol. The summed E-state index contributed by atoms with van der Waals surface area (Å²) < 4.78 is 8.40. The highest BCUT2D eigenvalue weighted by Gasteiger charge is 2.15. The largest absolute Gasteiger partial charge is 0.494 e. The highest BCUT2D eigenvalue weighted by Crippen LogP contribution is 2.30. The molecular formula is C28H23N3O. The summed E-state index contributed by atoms with van der Waals surface area (Å²) in [4.78, 5) is 9.94. The van der Waals surface area contributed by atoms with E-state index in [1.54, 1.807) is 0 Å². The molecular weight excluding hydrogens is 394 g/mol. The van der Waals surface area contributed by atoms with Crippen molar-refractivity contribution in [1.29, 1.82) is 0 Å². The molecule has 0 N–H and O–H groups in total. The minimum atomic E-state index is 0.645. The van der Waals surface area contributed by atoms with Crippen molar-refractivity contribution in [3.63, 3.8) is 0 Å². The van der Waals surface area contributed by atoms with Crippen LogP contribution in [0.15, 0.2) is 84.9 Å². The lowest BCUT2D eigenvalue weighted by Gasteiger charge is -2.10. The first-order valence-electron chi connectivity index (χ1n) is 11.0. The summed E-state index contributed by atoms with van der Waals surface area (Å²) in [6, 6.07) is 29.1. The fourth-order valence-electron chi connectivity index (χ4n) is 4.56. The van der Waals surface area contributed by atoms with Crippen molar-refractivity contribution in [2.45, 2.75) is 19.9 Å². The van der Waals surface area contributed by atoms with Gasteiger partial charge in [0.25, 0.3) is 0 Å². The van der Waals surface area contributed by atoms with Crippen molar-refractivity contribution in [2.24, 2.45) is 0 Å². The molecule has 6 aromatic rings. The van der Waals surface area contributed by atoms with Crippen LogP contribution in [0.1, 0.15) is 12.0 Å². The smallest absolute Gasteiger partial charge is 0.160 e. The lowest BCUT2D eigenvalue weighted by Crippen LogP contribution is -2.06. The molecule has 0 radical (unpaired) electrons. The first-order chi connectivity index (χ1) is 15.8. The normalized spacial score (nSPS) is 11.7. The van der Waals surface area contributed by atoms with Gasteiger partial charge in [0.05, 0.1) is 23.2 Å². The third kappa shape index (κ3) is 3.16. The second kappa shape index (κ2) is 7.65. The van der Waals surface area contributed by atoms with Crippen LogP contribution in [0, 0.1) is 6.92 Å². The number of para-hydroxylation sites is 3. The molecule has 4 heteroatoms. The third-order valence-corrected chi connectivity index (χ3v) is 6.09. The standard InChI is InChI=1S/C28H23N3O/c1-19-8-6-11-23-26-28(30-25-13-5-4-12-24(25)29-26)31(27(19)23)16-7-17-32-22-15-14-20-9-2-3-10-21(20)18-22/h2-6,8-15,18H,7,16-17H2,1H3.